The van der Waals surface area contributed by atoms with E-state index in [1.165, 1.54) is 0 Å². The highest BCUT2D eigenvalue weighted by molar-refractivity contribution is 5.79. The molecule has 0 aromatic rings. The van der Waals surface area contributed by atoms with Crippen LogP contribution < -0.4 is 11.1 Å². The maximum Gasteiger partial charge on any atom is 0.140 e. The summed E-state index contributed by atoms with van der Waals surface area (Å²) < 4.78 is 0. The highest BCUT2D eigenvalue weighted by atomic mass is 16.4. The fourth-order valence-electron chi connectivity index (χ4n) is 1.25. The number of nitrogens with zero attached hydrogens (tertiary/aromatic N) is 1. The zero-order valence-electron chi connectivity index (χ0n) is 8.95. The van der Waals surface area contributed by atoms with Gasteiger partial charge >= 0.3 is 0 Å². The third-order valence-corrected chi connectivity index (χ3v) is 1.98. The second kappa shape index (κ2) is 6.62. The zero-order valence-corrected chi connectivity index (χ0v) is 8.95. The Hall–Kier alpha value is -0.810. The molecule has 0 radical (unpaired) electrons. The fourth-order valence-corrected chi connectivity index (χ4v) is 1.25. The molecule has 14 heavy (non-hydrogen) atoms. The summed E-state index contributed by atoms with van der Waals surface area (Å²) in [7, 11) is 0. The molecule has 84 valence electrons. The number of hydrogen-bond acceptors (Lipinski definition) is 4. The Morgan fingerprint density at radius 3 is 2.71 bits per heavy atom. The average molecular weight is 203 g/mol. The Bertz CT molecular complexity index is 181. The molecule has 0 aliphatic heterocycles. The van der Waals surface area contributed by atoms with Crippen molar-refractivity contribution in [2.75, 3.05) is 13.1 Å². The summed E-state index contributed by atoms with van der Waals surface area (Å²) in [4.78, 5) is 0. The number of amidine groups is 1. The molecule has 5 nitrogen and oxygen atoms in total. The normalized spacial score (nSPS) is 16.6. The highest BCUT2D eigenvalue weighted by Crippen LogP contribution is 2.09. The van der Waals surface area contributed by atoms with Crippen LogP contribution in [0.3, 0.4) is 0 Å². The van der Waals surface area contributed by atoms with Gasteiger partial charge in [-0.05, 0) is 13.3 Å². The van der Waals surface area contributed by atoms with Crippen LogP contribution in [0.1, 0.15) is 33.1 Å². The topological polar surface area (TPSA) is 90.9 Å². The van der Waals surface area contributed by atoms with E-state index in [1.807, 2.05) is 6.92 Å². The van der Waals surface area contributed by atoms with Gasteiger partial charge in [0.1, 0.15) is 5.84 Å². The van der Waals surface area contributed by atoms with Crippen molar-refractivity contribution in [3.05, 3.63) is 0 Å². The van der Waals surface area contributed by atoms with Gasteiger partial charge in [-0.25, -0.2) is 0 Å². The van der Waals surface area contributed by atoms with Crippen LogP contribution in [0.2, 0.25) is 0 Å². The third kappa shape index (κ3) is 6.68. The van der Waals surface area contributed by atoms with Crippen molar-refractivity contribution in [3.63, 3.8) is 0 Å². The maximum atomic E-state index is 9.76. The number of nitrogens with one attached hydrogen (secondary N) is 1. The Balaban J connectivity index is 3.53. The predicted octanol–water partition coefficient (Wildman–Crippen LogP) is 0.264. The van der Waals surface area contributed by atoms with E-state index in [2.05, 4.69) is 10.5 Å². The first kappa shape index (κ1) is 13.2. The summed E-state index contributed by atoms with van der Waals surface area (Å²) in [5.41, 5.74) is 4.61. The van der Waals surface area contributed by atoms with Gasteiger partial charge < -0.3 is 21.4 Å². The van der Waals surface area contributed by atoms with Gasteiger partial charge in [-0.2, -0.15) is 0 Å². The Morgan fingerprint density at radius 2 is 2.21 bits per heavy atom. The van der Waals surface area contributed by atoms with Crippen LogP contribution in [-0.2, 0) is 0 Å². The van der Waals surface area contributed by atoms with E-state index in [0.717, 1.165) is 12.8 Å². The number of rotatable bonds is 7. The molecule has 1 atom stereocenters. The summed E-state index contributed by atoms with van der Waals surface area (Å²) in [6.45, 7) is 4.97. The summed E-state index contributed by atoms with van der Waals surface area (Å²) in [6.07, 6.45) is 2.21. The standard InChI is InChI=1S/C9H21N3O2/c1-3-5-9(2,13)7-11-6-4-8(10)12-14/h11,13-14H,3-7H2,1-2H3,(H2,10,12). The fraction of sp³-hybridized carbons (Fsp3) is 0.889. The lowest BCUT2D eigenvalue weighted by Gasteiger charge is -2.22. The Labute approximate surface area is 85.0 Å². The lowest BCUT2D eigenvalue weighted by atomic mass is 10.0. The molecule has 5 heteroatoms. The maximum absolute atomic E-state index is 9.76. The predicted molar refractivity (Wildman–Crippen MR) is 56.4 cm³/mol. The summed E-state index contributed by atoms with van der Waals surface area (Å²) in [6, 6.07) is 0. The quantitative estimate of drug-likeness (QED) is 0.157. The average Bonchev–Trinajstić information content (AvgIpc) is 2.12. The van der Waals surface area contributed by atoms with Crippen molar-refractivity contribution in [1.82, 2.24) is 5.32 Å². The van der Waals surface area contributed by atoms with E-state index in [-0.39, 0.29) is 5.84 Å². The minimum absolute atomic E-state index is 0.202. The van der Waals surface area contributed by atoms with Gasteiger partial charge in [0.05, 0.1) is 5.60 Å². The lowest BCUT2D eigenvalue weighted by molar-refractivity contribution is 0.0505. The molecule has 0 aliphatic carbocycles. The van der Waals surface area contributed by atoms with Crippen LogP contribution in [-0.4, -0.2) is 34.8 Å². The first-order chi connectivity index (χ1) is 6.52. The van der Waals surface area contributed by atoms with Gasteiger partial charge in [0.25, 0.3) is 0 Å². The van der Waals surface area contributed by atoms with Gasteiger partial charge in [0.15, 0.2) is 0 Å². The third-order valence-electron chi connectivity index (χ3n) is 1.98. The van der Waals surface area contributed by atoms with Gasteiger partial charge in [-0.1, -0.05) is 18.5 Å². The van der Waals surface area contributed by atoms with Crippen molar-refractivity contribution >= 4 is 5.84 Å². The molecule has 5 N–H and O–H groups in total. The largest absolute Gasteiger partial charge is 0.409 e. The highest BCUT2D eigenvalue weighted by Gasteiger charge is 2.17. The number of hydrogen-bond donors (Lipinski definition) is 4. The molecule has 0 aromatic heterocycles. The second-order valence-electron chi connectivity index (χ2n) is 3.77. The van der Waals surface area contributed by atoms with Crippen LogP contribution in [0.15, 0.2) is 5.16 Å². The molecule has 0 aliphatic rings. The second-order valence-corrected chi connectivity index (χ2v) is 3.77. The molecule has 0 bridgehead atoms. The Kier molecular flexibility index (Phi) is 6.23. The molecular formula is C9H21N3O2. The van der Waals surface area contributed by atoms with Gasteiger partial charge in [-0.15, -0.1) is 0 Å². The first-order valence-electron chi connectivity index (χ1n) is 4.91. The molecule has 0 fully saturated rings. The van der Waals surface area contributed by atoms with Gasteiger partial charge in [0.2, 0.25) is 0 Å². The SMILES string of the molecule is CCCC(C)(O)CNCCC(N)=NO. The summed E-state index contributed by atoms with van der Waals surface area (Å²) in [5.74, 6) is 0.202. The van der Waals surface area contributed by atoms with E-state index in [4.69, 9.17) is 10.9 Å². The molecule has 0 spiro atoms. The monoisotopic (exact) mass is 203 g/mol. The summed E-state index contributed by atoms with van der Waals surface area (Å²) >= 11 is 0. The number of oxime groups is 1. The molecule has 0 rings (SSSR count). The first-order valence-corrected chi connectivity index (χ1v) is 4.91. The van der Waals surface area contributed by atoms with Crippen molar-refractivity contribution in [2.45, 2.75) is 38.7 Å². The minimum atomic E-state index is -0.667. The van der Waals surface area contributed by atoms with E-state index in [0.29, 0.717) is 19.5 Å². The molecular weight excluding hydrogens is 182 g/mol. The molecule has 0 saturated carbocycles. The molecule has 1 unspecified atom stereocenters. The summed E-state index contributed by atoms with van der Waals surface area (Å²) in [5, 5.41) is 23.9. The smallest absolute Gasteiger partial charge is 0.140 e. The van der Waals surface area contributed by atoms with Crippen LogP contribution in [0, 0.1) is 0 Å². The van der Waals surface area contributed by atoms with E-state index in [1.54, 1.807) is 6.92 Å². The van der Waals surface area contributed by atoms with Crippen molar-refractivity contribution in [3.8, 4) is 0 Å². The van der Waals surface area contributed by atoms with Crippen LogP contribution in [0.25, 0.3) is 0 Å². The van der Waals surface area contributed by atoms with Crippen molar-refractivity contribution in [2.24, 2.45) is 10.9 Å². The zero-order chi connectivity index (χ0) is 11.0. The molecule has 0 heterocycles. The lowest BCUT2D eigenvalue weighted by Crippen LogP contribution is -2.38. The van der Waals surface area contributed by atoms with Crippen LogP contribution >= 0.6 is 0 Å². The van der Waals surface area contributed by atoms with Gasteiger partial charge in [-0.3, -0.25) is 0 Å². The van der Waals surface area contributed by atoms with Crippen LogP contribution in [0.5, 0.6) is 0 Å². The van der Waals surface area contributed by atoms with Gasteiger partial charge in [0, 0.05) is 19.5 Å². The minimum Gasteiger partial charge on any atom is -0.409 e. The van der Waals surface area contributed by atoms with Crippen molar-refractivity contribution in [1.29, 1.82) is 0 Å². The van der Waals surface area contributed by atoms with E-state index in [9.17, 15) is 5.11 Å². The number of nitrogens with two attached hydrogens (primary N) is 1. The van der Waals surface area contributed by atoms with E-state index >= 15 is 0 Å². The Morgan fingerprint density at radius 1 is 1.57 bits per heavy atom. The van der Waals surface area contributed by atoms with Crippen molar-refractivity contribution < 1.29 is 10.3 Å². The van der Waals surface area contributed by atoms with E-state index < -0.39 is 5.60 Å². The van der Waals surface area contributed by atoms with Crippen LogP contribution in [0.4, 0.5) is 0 Å². The molecule has 0 saturated heterocycles. The number of aliphatic hydroxyl groups is 1. The molecule has 0 amide bonds. The molecule has 0 aromatic carbocycles.